The number of hydrogen-bond donors (Lipinski definition) is 1. The molecular weight excluding hydrogens is 426 g/mol. The quantitative estimate of drug-likeness (QED) is 0.694. The number of nitrogens with zero attached hydrogens (tertiary/aromatic N) is 1. The lowest BCUT2D eigenvalue weighted by Gasteiger charge is -2.32. The van der Waals surface area contributed by atoms with Crippen molar-refractivity contribution in [1.29, 1.82) is 0 Å². The third kappa shape index (κ3) is 4.08. The molecule has 1 atom stereocenters. The second-order valence-corrected chi connectivity index (χ2v) is 12.0. The van der Waals surface area contributed by atoms with Gasteiger partial charge in [0.2, 0.25) is 10.0 Å². The maximum absolute atomic E-state index is 13.3. The zero-order chi connectivity index (χ0) is 23.3. The number of Topliss-reactive ketones (excluding diaryl/α,β-unsaturated/α-hetero) is 1. The topological polar surface area (TPSA) is 91.8 Å². The van der Waals surface area contributed by atoms with Crippen molar-refractivity contribution in [3.63, 3.8) is 0 Å². The highest BCUT2D eigenvalue weighted by molar-refractivity contribution is 7.89. The zero-order valence-corrected chi connectivity index (χ0v) is 19.8. The third-order valence-corrected chi connectivity index (χ3v) is 9.03. The number of ketones is 1. The minimum absolute atomic E-state index is 0.0402. The summed E-state index contributed by atoms with van der Waals surface area (Å²) in [5.74, 6) is -1.16. The van der Waals surface area contributed by atoms with Gasteiger partial charge in [0.1, 0.15) is 0 Å². The number of aliphatic carboxylic acids is 1. The molecule has 172 valence electrons. The molecule has 1 unspecified atom stereocenters. The predicted molar refractivity (Wildman–Crippen MR) is 122 cm³/mol. The Morgan fingerprint density at radius 2 is 1.81 bits per heavy atom. The molecule has 1 fully saturated rings. The number of rotatable bonds is 6. The van der Waals surface area contributed by atoms with Gasteiger partial charge in [0.05, 0.1) is 11.3 Å². The van der Waals surface area contributed by atoms with Gasteiger partial charge in [-0.05, 0) is 55.2 Å². The Balaban J connectivity index is 1.77. The van der Waals surface area contributed by atoms with E-state index in [1.165, 1.54) is 4.31 Å². The van der Waals surface area contributed by atoms with Gasteiger partial charge in [0.15, 0.2) is 5.78 Å². The predicted octanol–water partition coefficient (Wildman–Crippen LogP) is 4.12. The number of allylic oxidation sites excluding steroid dienone is 4. The summed E-state index contributed by atoms with van der Waals surface area (Å²) in [6.07, 6.45) is 3.09. The summed E-state index contributed by atoms with van der Waals surface area (Å²) in [6, 6.07) is 7.00. The smallest absolute Gasteiger partial charge is 0.304 e. The number of carbonyl (C=O) groups is 2. The molecule has 0 spiro atoms. The first-order chi connectivity index (χ1) is 15.0. The molecule has 0 radical (unpaired) electrons. The van der Waals surface area contributed by atoms with Gasteiger partial charge in [-0.2, -0.15) is 4.31 Å². The first-order valence-corrected chi connectivity index (χ1v) is 12.7. The van der Waals surface area contributed by atoms with Gasteiger partial charge in [-0.15, -0.1) is 0 Å². The van der Waals surface area contributed by atoms with Crippen molar-refractivity contribution in [1.82, 2.24) is 4.31 Å². The summed E-state index contributed by atoms with van der Waals surface area (Å²) in [7, 11) is -3.61. The van der Waals surface area contributed by atoms with Crippen LogP contribution in [-0.2, 0) is 26.0 Å². The van der Waals surface area contributed by atoms with Crippen LogP contribution in [0.3, 0.4) is 0 Å². The number of sulfonamides is 1. The Labute approximate surface area is 190 Å². The Morgan fingerprint density at radius 3 is 2.47 bits per heavy atom. The molecule has 0 aromatic heterocycles. The van der Waals surface area contributed by atoms with Crippen molar-refractivity contribution < 1.29 is 23.1 Å². The van der Waals surface area contributed by atoms with Crippen molar-refractivity contribution in [2.75, 3.05) is 13.1 Å². The van der Waals surface area contributed by atoms with E-state index >= 15 is 0 Å². The van der Waals surface area contributed by atoms with Crippen LogP contribution >= 0.6 is 0 Å². The fourth-order valence-corrected chi connectivity index (χ4v) is 7.27. The van der Waals surface area contributed by atoms with E-state index < -0.39 is 16.0 Å². The number of carbonyl (C=O) groups excluding carboxylic acids is 1. The van der Waals surface area contributed by atoms with E-state index in [0.717, 1.165) is 29.6 Å². The highest BCUT2D eigenvalue weighted by Crippen LogP contribution is 2.50. The lowest BCUT2D eigenvalue weighted by molar-refractivity contribution is -0.137. The van der Waals surface area contributed by atoms with Gasteiger partial charge >= 0.3 is 5.97 Å². The van der Waals surface area contributed by atoms with Crippen LogP contribution in [0.25, 0.3) is 0 Å². The molecule has 1 N–H and O–H groups in total. The number of benzene rings is 1. The van der Waals surface area contributed by atoms with E-state index in [1.54, 1.807) is 12.1 Å². The van der Waals surface area contributed by atoms with Crippen LogP contribution < -0.4 is 0 Å². The molecule has 1 aromatic rings. The maximum atomic E-state index is 13.3. The summed E-state index contributed by atoms with van der Waals surface area (Å²) in [5.41, 5.74) is 3.73. The molecular formula is C25H31NO5S. The van der Waals surface area contributed by atoms with Crippen LogP contribution in [0.5, 0.6) is 0 Å². The normalized spacial score (nSPS) is 23.7. The molecule has 1 saturated heterocycles. The second-order valence-electron chi connectivity index (χ2n) is 10.0. The molecule has 0 amide bonds. The van der Waals surface area contributed by atoms with Crippen LogP contribution in [0.2, 0.25) is 0 Å². The van der Waals surface area contributed by atoms with E-state index in [2.05, 4.69) is 0 Å². The van der Waals surface area contributed by atoms with Gasteiger partial charge in [-0.3, -0.25) is 9.59 Å². The minimum Gasteiger partial charge on any atom is -0.481 e. The monoisotopic (exact) mass is 457 g/mol. The Bertz CT molecular complexity index is 1140. The van der Waals surface area contributed by atoms with Crippen molar-refractivity contribution in [3.05, 3.63) is 52.1 Å². The molecule has 0 bridgehead atoms. The van der Waals surface area contributed by atoms with E-state index in [1.807, 2.05) is 32.9 Å². The maximum Gasteiger partial charge on any atom is 0.304 e. The lowest BCUT2D eigenvalue weighted by Crippen LogP contribution is -2.29. The van der Waals surface area contributed by atoms with Gasteiger partial charge < -0.3 is 5.11 Å². The van der Waals surface area contributed by atoms with Crippen LogP contribution in [0.1, 0.15) is 58.4 Å². The molecule has 1 heterocycles. The Hall–Kier alpha value is -2.25. The van der Waals surface area contributed by atoms with Gasteiger partial charge in [0, 0.05) is 31.0 Å². The van der Waals surface area contributed by atoms with E-state index in [9.17, 15) is 23.1 Å². The van der Waals surface area contributed by atoms with Crippen molar-refractivity contribution in [2.45, 2.75) is 64.2 Å². The van der Waals surface area contributed by atoms with E-state index in [0.29, 0.717) is 43.5 Å². The lowest BCUT2D eigenvalue weighted by atomic mass is 9.71. The Morgan fingerprint density at radius 1 is 1.16 bits per heavy atom. The molecule has 2 aliphatic carbocycles. The largest absolute Gasteiger partial charge is 0.481 e. The molecule has 1 aromatic carbocycles. The average molecular weight is 458 g/mol. The van der Waals surface area contributed by atoms with E-state index in [4.69, 9.17) is 0 Å². The first-order valence-electron chi connectivity index (χ1n) is 11.3. The van der Waals surface area contributed by atoms with Gasteiger partial charge in [-0.1, -0.05) is 43.2 Å². The van der Waals surface area contributed by atoms with E-state index in [-0.39, 0.29) is 28.4 Å². The van der Waals surface area contributed by atoms with Gasteiger partial charge in [-0.25, -0.2) is 8.42 Å². The average Bonchev–Trinajstić information content (AvgIpc) is 3.32. The summed E-state index contributed by atoms with van der Waals surface area (Å²) in [6.45, 7) is 7.04. The summed E-state index contributed by atoms with van der Waals surface area (Å²) in [5, 5.41) is 9.51. The van der Waals surface area contributed by atoms with Crippen molar-refractivity contribution >= 4 is 21.8 Å². The standard InChI is InChI=1S/C25H31NO5S/c1-16-18(13-23(28)29)20-14-25(2,3)15-21(27)24(20)19(16)12-17-8-4-5-9-22(17)32(30,31)26-10-6-7-11-26/h4-5,8-9,18H,6-7,10-15H2,1-3H3,(H,28,29). The summed E-state index contributed by atoms with van der Waals surface area (Å²) >= 11 is 0. The third-order valence-electron chi connectivity index (χ3n) is 7.03. The highest BCUT2D eigenvalue weighted by atomic mass is 32.2. The number of carboxylic acids is 1. The second kappa shape index (κ2) is 8.27. The Kier molecular flexibility index (Phi) is 5.92. The molecule has 0 saturated carbocycles. The van der Waals surface area contributed by atoms with Crippen molar-refractivity contribution in [2.24, 2.45) is 11.3 Å². The molecule has 6 nitrogen and oxygen atoms in total. The SMILES string of the molecule is CC1=C(Cc2ccccc2S(=O)(=O)N2CCCC2)C2=C(CC(C)(C)CC2=O)C1CC(=O)O. The molecule has 4 rings (SSSR count). The number of carboxylic acid groups (broad SMARTS) is 1. The highest BCUT2D eigenvalue weighted by Gasteiger charge is 2.43. The first kappa shape index (κ1) is 22.9. The van der Waals surface area contributed by atoms with Crippen LogP contribution in [0.15, 0.2) is 51.5 Å². The summed E-state index contributed by atoms with van der Waals surface area (Å²) in [4.78, 5) is 25.1. The number of hydrogen-bond acceptors (Lipinski definition) is 4. The van der Waals surface area contributed by atoms with Crippen molar-refractivity contribution in [3.8, 4) is 0 Å². The summed E-state index contributed by atoms with van der Waals surface area (Å²) < 4.78 is 28.1. The zero-order valence-electron chi connectivity index (χ0n) is 19.0. The fourth-order valence-electron chi connectivity index (χ4n) is 5.54. The fraction of sp³-hybridized carbons (Fsp3) is 0.520. The van der Waals surface area contributed by atoms with Crippen LogP contribution in [-0.4, -0.2) is 42.7 Å². The molecule has 32 heavy (non-hydrogen) atoms. The van der Waals surface area contributed by atoms with Crippen LogP contribution in [0, 0.1) is 11.3 Å². The van der Waals surface area contributed by atoms with Crippen LogP contribution in [0.4, 0.5) is 0 Å². The minimum atomic E-state index is -3.61. The molecule has 7 heteroatoms. The van der Waals surface area contributed by atoms with Gasteiger partial charge in [0.25, 0.3) is 0 Å². The molecule has 1 aliphatic heterocycles. The molecule has 3 aliphatic rings.